The second-order valence-corrected chi connectivity index (χ2v) is 5.93. The summed E-state index contributed by atoms with van der Waals surface area (Å²) < 4.78 is 37.6. The summed E-state index contributed by atoms with van der Waals surface area (Å²) in [4.78, 5) is 1.65. The number of alkyl halides is 3. The Hall–Kier alpha value is 0.100. The summed E-state index contributed by atoms with van der Waals surface area (Å²) in [5.41, 5.74) is 0.0386. The SMILES string of the molecule is FC(F)(F)CN(CC1(CS)CCCC1)C1CC1. The third kappa shape index (κ3) is 3.78. The van der Waals surface area contributed by atoms with E-state index in [9.17, 15) is 13.2 Å². The van der Waals surface area contributed by atoms with Gasteiger partial charge in [-0.15, -0.1) is 0 Å². The molecule has 0 spiro atoms. The zero-order valence-corrected chi connectivity index (χ0v) is 10.9. The van der Waals surface area contributed by atoms with Crippen LogP contribution in [0.3, 0.4) is 0 Å². The van der Waals surface area contributed by atoms with Gasteiger partial charge in [0.05, 0.1) is 6.54 Å². The van der Waals surface area contributed by atoms with Gasteiger partial charge in [0.1, 0.15) is 0 Å². The van der Waals surface area contributed by atoms with Crippen LogP contribution in [-0.2, 0) is 0 Å². The molecule has 17 heavy (non-hydrogen) atoms. The maximum Gasteiger partial charge on any atom is 0.401 e. The van der Waals surface area contributed by atoms with Gasteiger partial charge in [-0.1, -0.05) is 12.8 Å². The van der Waals surface area contributed by atoms with Gasteiger partial charge in [0.15, 0.2) is 0 Å². The molecule has 0 bridgehead atoms. The number of rotatable bonds is 5. The summed E-state index contributed by atoms with van der Waals surface area (Å²) >= 11 is 4.37. The molecule has 0 radical (unpaired) electrons. The predicted molar refractivity (Wildman–Crippen MR) is 65.4 cm³/mol. The molecule has 0 atom stereocenters. The second kappa shape index (κ2) is 5.00. The molecule has 0 aromatic heterocycles. The Morgan fingerprint density at radius 3 is 2.18 bits per heavy atom. The standard InChI is InChI=1S/C12H20F3NS/c13-12(14,15)8-16(10-3-4-10)7-11(9-17)5-1-2-6-11/h10,17H,1-9H2. The maximum absolute atomic E-state index is 12.5. The fourth-order valence-electron chi connectivity index (χ4n) is 2.91. The van der Waals surface area contributed by atoms with E-state index in [1.807, 2.05) is 0 Å². The molecule has 0 heterocycles. The first-order valence-corrected chi connectivity index (χ1v) is 6.99. The van der Waals surface area contributed by atoms with Crippen molar-refractivity contribution >= 4 is 12.6 Å². The van der Waals surface area contributed by atoms with E-state index in [4.69, 9.17) is 0 Å². The zero-order chi connectivity index (χ0) is 12.5. The van der Waals surface area contributed by atoms with Crippen molar-refractivity contribution < 1.29 is 13.2 Å². The summed E-state index contributed by atoms with van der Waals surface area (Å²) in [6, 6.07) is 0.175. The van der Waals surface area contributed by atoms with Crippen molar-refractivity contribution in [3.05, 3.63) is 0 Å². The number of hydrogen-bond donors (Lipinski definition) is 1. The number of thiol groups is 1. The Balaban J connectivity index is 1.96. The molecular weight excluding hydrogens is 247 g/mol. The Bertz CT molecular complexity index is 257. The van der Waals surface area contributed by atoms with Crippen molar-refractivity contribution in [3.8, 4) is 0 Å². The Morgan fingerprint density at radius 2 is 1.76 bits per heavy atom. The van der Waals surface area contributed by atoms with Crippen LogP contribution in [-0.4, -0.2) is 36.0 Å². The van der Waals surface area contributed by atoms with Gasteiger partial charge in [0, 0.05) is 12.6 Å². The lowest BCUT2D eigenvalue weighted by Gasteiger charge is -2.35. The van der Waals surface area contributed by atoms with Gasteiger partial charge in [-0.2, -0.15) is 25.8 Å². The van der Waals surface area contributed by atoms with E-state index in [0.29, 0.717) is 12.3 Å². The van der Waals surface area contributed by atoms with Crippen molar-refractivity contribution in [3.63, 3.8) is 0 Å². The molecule has 0 amide bonds. The maximum atomic E-state index is 12.5. The fourth-order valence-corrected chi connectivity index (χ4v) is 3.32. The highest BCUT2D eigenvalue weighted by atomic mass is 32.1. The molecular formula is C12H20F3NS. The average Bonchev–Trinajstić information content (AvgIpc) is 2.98. The summed E-state index contributed by atoms with van der Waals surface area (Å²) in [5.74, 6) is 0.716. The monoisotopic (exact) mass is 267 g/mol. The lowest BCUT2D eigenvalue weighted by atomic mass is 9.87. The van der Waals surface area contributed by atoms with Crippen LogP contribution in [0.2, 0.25) is 0 Å². The van der Waals surface area contributed by atoms with Gasteiger partial charge >= 0.3 is 6.18 Å². The third-order valence-corrected chi connectivity index (χ3v) is 4.65. The lowest BCUT2D eigenvalue weighted by molar-refractivity contribution is -0.150. The third-order valence-electron chi connectivity index (χ3n) is 3.98. The Morgan fingerprint density at radius 1 is 1.18 bits per heavy atom. The Kier molecular flexibility index (Phi) is 3.98. The van der Waals surface area contributed by atoms with Crippen molar-refractivity contribution in [1.29, 1.82) is 0 Å². The van der Waals surface area contributed by atoms with Gasteiger partial charge in [-0.25, -0.2) is 0 Å². The molecule has 2 rings (SSSR count). The number of halogens is 3. The average molecular weight is 267 g/mol. The largest absolute Gasteiger partial charge is 0.401 e. The minimum atomic E-state index is -4.07. The van der Waals surface area contributed by atoms with Crippen LogP contribution in [0.25, 0.3) is 0 Å². The first-order chi connectivity index (χ1) is 7.94. The van der Waals surface area contributed by atoms with E-state index < -0.39 is 12.7 Å². The van der Waals surface area contributed by atoms with Gasteiger partial charge in [0.2, 0.25) is 0 Å². The fraction of sp³-hybridized carbons (Fsp3) is 1.00. The molecule has 0 aromatic carbocycles. The van der Waals surface area contributed by atoms with Crippen molar-refractivity contribution in [2.75, 3.05) is 18.8 Å². The molecule has 0 aliphatic heterocycles. The van der Waals surface area contributed by atoms with E-state index in [-0.39, 0.29) is 11.5 Å². The quantitative estimate of drug-likeness (QED) is 0.746. The topological polar surface area (TPSA) is 3.24 Å². The molecule has 1 nitrogen and oxygen atoms in total. The van der Waals surface area contributed by atoms with Crippen LogP contribution in [0.1, 0.15) is 38.5 Å². The molecule has 0 N–H and O–H groups in total. The Labute approximate surface area is 106 Å². The smallest absolute Gasteiger partial charge is 0.291 e. The summed E-state index contributed by atoms with van der Waals surface area (Å²) in [7, 11) is 0. The summed E-state index contributed by atoms with van der Waals surface area (Å²) in [5, 5.41) is 0. The van der Waals surface area contributed by atoms with Crippen LogP contribution in [0.4, 0.5) is 13.2 Å². The van der Waals surface area contributed by atoms with E-state index in [1.54, 1.807) is 4.90 Å². The molecule has 2 aliphatic carbocycles. The van der Waals surface area contributed by atoms with Gasteiger partial charge in [0.25, 0.3) is 0 Å². The molecule has 0 saturated heterocycles. The van der Waals surface area contributed by atoms with Gasteiger partial charge in [-0.3, -0.25) is 4.90 Å². The second-order valence-electron chi connectivity index (χ2n) is 5.62. The molecule has 100 valence electrons. The van der Waals surface area contributed by atoms with Crippen LogP contribution in [0.5, 0.6) is 0 Å². The molecule has 2 saturated carbocycles. The summed E-state index contributed by atoms with van der Waals surface area (Å²) in [6.07, 6.45) is 2.15. The normalized spacial score (nSPS) is 24.5. The van der Waals surface area contributed by atoms with E-state index in [2.05, 4.69) is 12.6 Å². The first kappa shape index (κ1) is 13.5. The minimum absolute atomic E-state index is 0.0386. The summed E-state index contributed by atoms with van der Waals surface area (Å²) in [6.45, 7) is -0.159. The lowest BCUT2D eigenvalue weighted by Crippen LogP contribution is -2.43. The molecule has 5 heteroatoms. The first-order valence-electron chi connectivity index (χ1n) is 6.36. The number of hydrogen-bond acceptors (Lipinski definition) is 2. The van der Waals surface area contributed by atoms with E-state index in [1.165, 1.54) is 0 Å². The number of nitrogens with zero attached hydrogens (tertiary/aromatic N) is 1. The van der Waals surface area contributed by atoms with Crippen LogP contribution < -0.4 is 0 Å². The molecule has 0 aromatic rings. The van der Waals surface area contributed by atoms with Crippen molar-refractivity contribution in [2.24, 2.45) is 5.41 Å². The molecule has 0 unspecified atom stereocenters. The van der Waals surface area contributed by atoms with E-state index in [0.717, 1.165) is 38.5 Å². The highest BCUT2D eigenvalue weighted by Crippen LogP contribution is 2.42. The molecule has 2 fully saturated rings. The van der Waals surface area contributed by atoms with Crippen molar-refractivity contribution in [2.45, 2.75) is 50.7 Å². The highest BCUT2D eigenvalue weighted by Gasteiger charge is 2.43. The minimum Gasteiger partial charge on any atom is -0.291 e. The van der Waals surface area contributed by atoms with Gasteiger partial charge < -0.3 is 0 Å². The van der Waals surface area contributed by atoms with Crippen LogP contribution >= 0.6 is 12.6 Å². The van der Waals surface area contributed by atoms with Crippen LogP contribution in [0.15, 0.2) is 0 Å². The zero-order valence-electron chi connectivity index (χ0n) is 9.97. The highest BCUT2D eigenvalue weighted by molar-refractivity contribution is 7.80. The van der Waals surface area contributed by atoms with Gasteiger partial charge in [-0.05, 0) is 36.9 Å². The predicted octanol–water partition coefficient (Wildman–Crippen LogP) is 3.50. The van der Waals surface area contributed by atoms with Crippen molar-refractivity contribution in [1.82, 2.24) is 4.90 Å². The van der Waals surface area contributed by atoms with E-state index >= 15 is 0 Å². The van der Waals surface area contributed by atoms with Crippen LogP contribution in [0, 0.1) is 5.41 Å². The molecule has 2 aliphatic rings.